The first-order valence-corrected chi connectivity index (χ1v) is 6.28. The predicted octanol–water partition coefficient (Wildman–Crippen LogP) is 3.36. The van der Waals surface area contributed by atoms with Gasteiger partial charge in [-0.2, -0.15) is 13.2 Å². The Bertz CT molecular complexity index is 445. The van der Waals surface area contributed by atoms with Crippen LogP contribution in [0.25, 0.3) is 0 Å². The maximum absolute atomic E-state index is 12.7. The zero-order valence-corrected chi connectivity index (χ0v) is 11.9. The van der Waals surface area contributed by atoms with Crippen molar-refractivity contribution in [3.63, 3.8) is 0 Å². The highest BCUT2D eigenvalue weighted by atomic mass is 19.4. The van der Waals surface area contributed by atoms with E-state index in [1.165, 1.54) is 12.1 Å². The molecule has 0 aliphatic carbocycles. The van der Waals surface area contributed by atoms with Gasteiger partial charge >= 0.3 is 6.18 Å². The van der Waals surface area contributed by atoms with Crippen LogP contribution in [0.5, 0.6) is 5.75 Å². The summed E-state index contributed by atoms with van der Waals surface area (Å²) in [5.41, 5.74) is 4.34. The highest BCUT2D eigenvalue weighted by Crippen LogP contribution is 2.33. The number of benzene rings is 1. The first kappa shape index (κ1) is 16.8. The lowest BCUT2D eigenvalue weighted by atomic mass is 10.1. The summed E-state index contributed by atoms with van der Waals surface area (Å²) in [6.07, 6.45) is -3.77. The van der Waals surface area contributed by atoms with Crippen LogP contribution in [0.3, 0.4) is 0 Å². The van der Waals surface area contributed by atoms with Crippen molar-refractivity contribution in [2.45, 2.75) is 38.6 Å². The Morgan fingerprint density at radius 2 is 1.85 bits per heavy atom. The van der Waals surface area contributed by atoms with Crippen molar-refractivity contribution in [2.75, 3.05) is 13.7 Å². The standard InChI is InChI=1S/C14H20F3NO2/c1-13(2,19-3)6-7-20-11-4-5-12(14(15,16)17)10(8-11)9-18/h4-5,8H,6-7,9,18H2,1-3H3. The molecule has 6 heteroatoms. The van der Waals surface area contributed by atoms with Gasteiger partial charge in [0.25, 0.3) is 0 Å². The van der Waals surface area contributed by atoms with Crippen LogP contribution in [0.15, 0.2) is 18.2 Å². The first-order chi connectivity index (χ1) is 9.19. The molecule has 0 heterocycles. The lowest BCUT2D eigenvalue weighted by Crippen LogP contribution is -2.25. The number of hydrogen-bond acceptors (Lipinski definition) is 3. The topological polar surface area (TPSA) is 44.5 Å². The number of nitrogens with two attached hydrogens (primary N) is 1. The van der Waals surface area contributed by atoms with Gasteiger partial charge in [-0.05, 0) is 37.6 Å². The summed E-state index contributed by atoms with van der Waals surface area (Å²) in [6.45, 7) is 3.99. The summed E-state index contributed by atoms with van der Waals surface area (Å²) in [5, 5.41) is 0. The number of methoxy groups -OCH3 is 1. The molecule has 114 valence electrons. The van der Waals surface area contributed by atoms with Crippen LogP contribution < -0.4 is 10.5 Å². The van der Waals surface area contributed by atoms with E-state index < -0.39 is 11.7 Å². The van der Waals surface area contributed by atoms with E-state index in [9.17, 15) is 13.2 Å². The van der Waals surface area contributed by atoms with Gasteiger partial charge in [0.2, 0.25) is 0 Å². The molecule has 0 bridgehead atoms. The molecule has 0 aliphatic rings. The Labute approximate surface area is 116 Å². The average Bonchev–Trinajstić information content (AvgIpc) is 2.37. The number of halogens is 3. The Morgan fingerprint density at radius 1 is 1.20 bits per heavy atom. The van der Waals surface area contributed by atoms with Gasteiger partial charge in [-0.3, -0.25) is 0 Å². The number of hydrogen-bond donors (Lipinski definition) is 1. The average molecular weight is 291 g/mol. The molecule has 0 atom stereocenters. The fourth-order valence-corrected chi connectivity index (χ4v) is 1.62. The van der Waals surface area contributed by atoms with Crippen molar-refractivity contribution >= 4 is 0 Å². The third-order valence-electron chi connectivity index (χ3n) is 3.13. The molecule has 0 unspecified atom stereocenters. The Morgan fingerprint density at radius 3 is 2.35 bits per heavy atom. The maximum Gasteiger partial charge on any atom is 0.416 e. The molecule has 1 aromatic rings. The van der Waals surface area contributed by atoms with Crippen molar-refractivity contribution in [2.24, 2.45) is 5.73 Å². The summed E-state index contributed by atoms with van der Waals surface area (Å²) < 4.78 is 48.8. The first-order valence-electron chi connectivity index (χ1n) is 6.28. The quantitative estimate of drug-likeness (QED) is 0.874. The second-order valence-corrected chi connectivity index (χ2v) is 5.08. The van der Waals surface area contributed by atoms with Gasteiger partial charge < -0.3 is 15.2 Å². The largest absolute Gasteiger partial charge is 0.493 e. The highest BCUT2D eigenvalue weighted by molar-refractivity contribution is 5.37. The monoisotopic (exact) mass is 291 g/mol. The van der Waals surface area contributed by atoms with Gasteiger partial charge in [-0.25, -0.2) is 0 Å². The summed E-state index contributed by atoms with van der Waals surface area (Å²) in [4.78, 5) is 0. The van der Waals surface area contributed by atoms with Crippen molar-refractivity contribution < 1.29 is 22.6 Å². The molecule has 0 fully saturated rings. The van der Waals surface area contributed by atoms with Gasteiger partial charge in [-0.1, -0.05) is 0 Å². The lowest BCUT2D eigenvalue weighted by Gasteiger charge is -2.22. The van der Waals surface area contributed by atoms with Crippen molar-refractivity contribution in [3.8, 4) is 5.75 Å². The van der Waals surface area contributed by atoms with Gasteiger partial charge in [0.05, 0.1) is 17.8 Å². The van der Waals surface area contributed by atoms with Crippen LogP contribution >= 0.6 is 0 Å². The molecule has 0 spiro atoms. The maximum atomic E-state index is 12.7. The number of rotatable bonds is 6. The third kappa shape index (κ3) is 4.68. The lowest BCUT2D eigenvalue weighted by molar-refractivity contribution is -0.138. The van der Waals surface area contributed by atoms with Gasteiger partial charge in [-0.15, -0.1) is 0 Å². The smallest absolute Gasteiger partial charge is 0.416 e. The molecule has 0 saturated carbocycles. The van der Waals surface area contributed by atoms with Crippen LogP contribution in [0.4, 0.5) is 13.2 Å². The van der Waals surface area contributed by atoms with E-state index in [0.29, 0.717) is 18.8 Å². The minimum absolute atomic E-state index is 0.0287. The van der Waals surface area contributed by atoms with E-state index in [1.807, 2.05) is 13.8 Å². The van der Waals surface area contributed by atoms with Crippen LogP contribution in [-0.4, -0.2) is 19.3 Å². The fraction of sp³-hybridized carbons (Fsp3) is 0.571. The molecular weight excluding hydrogens is 271 g/mol. The van der Waals surface area contributed by atoms with Gasteiger partial charge in [0.1, 0.15) is 5.75 Å². The second kappa shape index (κ2) is 6.45. The molecule has 0 aromatic heterocycles. The zero-order chi connectivity index (χ0) is 15.4. The van der Waals surface area contributed by atoms with E-state index in [1.54, 1.807) is 7.11 Å². The molecule has 3 nitrogen and oxygen atoms in total. The van der Waals surface area contributed by atoms with E-state index in [0.717, 1.165) is 6.07 Å². The molecule has 2 N–H and O–H groups in total. The number of ether oxygens (including phenoxy) is 2. The van der Waals surface area contributed by atoms with Crippen LogP contribution in [0.2, 0.25) is 0 Å². The van der Waals surface area contributed by atoms with Crippen LogP contribution in [0.1, 0.15) is 31.4 Å². The summed E-state index contributed by atoms with van der Waals surface area (Å²) >= 11 is 0. The minimum Gasteiger partial charge on any atom is -0.493 e. The summed E-state index contributed by atoms with van der Waals surface area (Å²) in [5.74, 6) is 0.380. The molecule has 0 saturated heterocycles. The van der Waals surface area contributed by atoms with Crippen molar-refractivity contribution in [3.05, 3.63) is 29.3 Å². The Kier molecular flexibility index (Phi) is 5.42. The molecular formula is C14H20F3NO2. The molecule has 0 amide bonds. The van der Waals surface area contributed by atoms with E-state index in [4.69, 9.17) is 15.2 Å². The molecule has 1 rings (SSSR count). The molecule has 0 aliphatic heterocycles. The van der Waals surface area contributed by atoms with Gasteiger partial charge in [0.15, 0.2) is 0 Å². The molecule has 20 heavy (non-hydrogen) atoms. The van der Waals surface area contributed by atoms with Crippen LogP contribution in [-0.2, 0) is 17.5 Å². The van der Waals surface area contributed by atoms with E-state index in [-0.39, 0.29) is 17.7 Å². The number of alkyl halides is 3. The Balaban J connectivity index is 2.74. The fourth-order valence-electron chi connectivity index (χ4n) is 1.62. The molecule has 0 radical (unpaired) electrons. The predicted molar refractivity (Wildman–Crippen MR) is 70.5 cm³/mol. The van der Waals surface area contributed by atoms with Crippen molar-refractivity contribution in [1.82, 2.24) is 0 Å². The van der Waals surface area contributed by atoms with Crippen LogP contribution in [0, 0.1) is 0 Å². The van der Waals surface area contributed by atoms with E-state index >= 15 is 0 Å². The van der Waals surface area contributed by atoms with E-state index in [2.05, 4.69) is 0 Å². The van der Waals surface area contributed by atoms with Crippen molar-refractivity contribution in [1.29, 1.82) is 0 Å². The normalized spacial score (nSPS) is 12.6. The highest BCUT2D eigenvalue weighted by Gasteiger charge is 2.33. The zero-order valence-electron chi connectivity index (χ0n) is 11.9. The molecule has 1 aromatic carbocycles. The second-order valence-electron chi connectivity index (χ2n) is 5.08. The SMILES string of the molecule is COC(C)(C)CCOc1ccc(C(F)(F)F)c(CN)c1. The minimum atomic E-state index is -4.40. The summed E-state index contributed by atoms with van der Waals surface area (Å²) in [6, 6.07) is 3.64. The Hall–Kier alpha value is -1.27. The third-order valence-corrected chi connectivity index (χ3v) is 3.13. The van der Waals surface area contributed by atoms with Gasteiger partial charge in [0, 0.05) is 20.1 Å². The summed E-state index contributed by atoms with van der Waals surface area (Å²) in [7, 11) is 1.60.